The largest absolute Gasteiger partial charge is 0.493 e. The molecule has 1 aliphatic heterocycles. The zero-order chi connectivity index (χ0) is 22.0. The second kappa shape index (κ2) is 8.96. The minimum absolute atomic E-state index is 0.0276. The molecule has 1 saturated heterocycles. The Morgan fingerprint density at radius 2 is 1.87 bits per heavy atom. The van der Waals surface area contributed by atoms with Gasteiger partial charge in [0.25, 0.3) is 11.6 Å². The summed E-state index contributed by atoms with van der Waals surface area (Å²) < 4.78 is 12.2. The molecule has 10 heteroatoms. The number of ether oxygens (including phenoxy) is 2. The minimum Gasteiger partial charge on any atom is -0.493 e. The lowest BCUT2D eigenvalue weighted by atomic mass is 10.1. The van der Waals surface area contributed by atoms with E-state index in [4.69, 9.17) is 21.7 Å². The average Bonchev–Trinajstić information content (AvgIpc) is 2.90. The maximum atomic E-state index is 12.4. The van der Waals surface area contributed by atoms with Crippen molar-refractivity contribution in [3.8, 4) is 11.5 Å². The van der Waals surface area contributed by atoms with Crippen molar-refractivity contribution in [3.63, 3.8) is 0 Å². The molecule has 2 aromatic carbocycles. The molecule has 0 aromatic heterocycles. The highest BCUT2D eigenvalue weighted by molar-refractivity contribution is 14.1. The van der Waals surface area contributed by atoms with Gasteiger partial charge in [0.05, 0.1) is 15.6 Å². The van der Waals surface area contributed by atoms with E-state index < -0.39 is 4.92 Å². The van der Waals surface area contributed by atoms with Gasteiger partial charge in [-0.25, -0.2) is 0 Å². The molecule has 3 rings (SSSR count). The van der Waals surface area contributed by atoms with Crippen LogP contribution in [-0.2, 0) is 11.4 Å². The summed E-state index contributed by atoms with van der Waals surface area (Å²) in [4.78, 5) is 25.8. The standard InChI is InChI=1S/C20H18IN3O5S/c1-22-16(19(25)23(2)20(22)30)9-13-8-15(21)18(17(10-13)28-3)29-11-12-4-6-14(7-5-12)24(26)27/h4-10H,11H2,1-3H3/b16-9-. The van der Waals surface area contributed by atoms with E-state index >= 15 is 0 Å². The summed E-state index contributed by atoms with van der Waals surface area (Å²) in [5, 5.41) is 11.2. The molecule has 2 aromatic rings. The van der Waals surface area contributed by atoms with Crippen LogP contribution >= 0.6 is 34.8 Å². The Hall–Kier alpha value is -2.73. The first-order valence-electron chi connectivity index (χ1n) is 8.74. The molecule has 0 aliphatic carbocycles. The van der Waals surface area contributed by atoms with Gasteiger partial charge in [-0.15, -0.1) is 0 Å². The van der Waals surface area contributed by atoms with Crippen LogP contribution in [0.15, 0.2) is 42.1 Å². The van der Waals surface area contributed by atoms with E-state index in [1.807, 2.05) is 6.07 Å². The molecule has 156 valence electrons. The van der Waals surface area contributed by atoms with E-state index in [1.165, 1.54) is 24.1 Å². The monoisotopic (exact) mass is 539 g/mol. The van der Waals surface area contributed by atoms with Crippen molar-refractivity contribution in [1.82, 2.24) is 9.80 Å². The number of halogens is 1. The van der Waals surface area contributed by atoms with Gasteiger partial charge < -0.3 is 14.4 Å². The Kier molecular flexibility index (Phi) is 6.56. The first-order valence-corrected chi connectivity index (χ1v) is 10.2. The second-order valence-corrected chi connectivity index (χ2v) is 8.01. The maximum Gasteiger partial charge on any atom is 0.276 e. The lowest BCUT2D eigenvalue weighted by molar-refractivity contribution is -0.384. The van der Waals surface area contributed by atoms with Crippen LogP contribution in [0.4, 0.5) is 5.69 Å². The van der Waals surface area contributed by atoms with Crippen molar-refractivity contribution in [2.45, 2.75) is 6.61 Å². The number of carbonyl (C=O) groups is 1. The number of hydrogen-bond donors (Lipinski definition) is 0. The smallest absolute Gasteiger partial charge is 0.276 e. The average molecular weight is 539 g/mol. The van der Waals surface area contributed by atoms with Crippen LogP contribution in [0.25, 0.3) is 6.08 Å². The summed E-state index contributed by atoms with van der Waals surface area (Å²) in [6.45, 7) is 0.227. The first kappa shape index (κ1) is 22.0. The van der Waals surface area contributed by atoms with Crippen LogP contribution in [-0.4, -0.2) is 46.9 Å². The van der Waals surface area contributed by atoms with Gasteiger partial charge in [-0.2, -0.15) is 0 Å². The molecule has 1 aliphatic rings. The third-order valence-corrected chi connectivity index (χ3v) is 5.89. The molecule has 0 unspecified atom stereocenters. The molecule has 0 spiro atoms. The number of hydrogen-bond acceptors (Lipinski definition) is 6. The second-order valence-electron chi connectivity index (χ2n) is 6.48. The van der Waals surface area contributed by atoms with Crippen molar-refractivity contribution in [3.05, 3.63) is 66.9 Å². The van der Waals surface area contributed by atoms with Crippen molar-refractivity contribution < 1.29 is 19.2 Å². The van der Waals surface area contributed by atoms with E-state index in [2.05, 4.69) is 22.6 Å². The van der Waals surface area contributed by atoms with Crippen molar-refractivity contribution in [2.75, 3.05) is 21.2 Å². The summed E-state index contributed by atoms with van der Waals surface area (Å²) in [7, 11) is 4.93. The zero-order valence-corrected chi connectivity index (χ0v) is 19.4. The maximum absolute atomic E-state index is 12.4. The predicted octanol–water partition coefficient (Wildman–Crippen LogP) is 3.82. The fraction of sp³-hybridized carbons (Fsp3) is 0.200. The Morgan fingerprint density at radius 1 is 1.20 bits per heavy atom. The first-order chi connectivity index (χ1) is 14.2. The van der Waals surface area contributed by atoms with Crippen LogP contribution in [0.2, 0.25) is 0 Å². The van der Waals surface area contributed by atoms with Crippen LogP contribution in [0, 0.1) is 13.7 Å². The van der Waals surface area contributed by atoms with Crippen molar-refractivity contribution >= 4 is 57.6 Å². The molecule has 1 amide bonds. The molecular formula is C20H18IN3O5S. The van der Waals surface area contributed by atoms with Gasteiger partial charge in [0.2, 0.25) is 0 Å². The number of thiocarbonyl (C=S) groups is 1. The summed E-state index contributed by atoms with van der Waals surface area (Å²) in [6, 6.07) is 9.83. The molecule has 1 heterocycles. The van der Waals surface area contributed by atoms with Gasteiger partial charge in [0.1, 0.15) is 12.3 Å². The predicted molar refractivity (Wildman–Crippen MR) is 124 cm³/mol. The van der Waals surface area contributed by atoms with E-state index in [0.29, 0.717) is 22.3 Å². The van der Waals surface area contributed by atoms with E-state index in [-0.39, 0.29) is 18.2 Å². The molecule has 8 nitrogen and oxygen atoms in total. The molecule has 0 N–H and O–H groups in total. The van der Waals surface area contributed by atoms with Gasteiger partial charge >= 0.3 is 0 Å². The number of nitro benzene ring substituents is 1. The van der Waals surface area contributed by atoms with Gasteiger partial charge in [-0.3, -0.25) is 19.8 Å². The molecule has 0 radical (unpaired) electrons. The lowest BCUT2D eigenvalue weighted by Gasteiger charge is -2.14. The quantitative estimate of drug-likeness (QED) is 0.182. The molecule has 0 saturated carbocycles. The number of carbonyl (C=O) groups excluding carboxylic acids is 1. The summed E-state index contributed by atoms with van der Waals surface area (Å²) in [6.07, 6.45) is 1.75. The minimum atomic E-state index is -0.444. The van der Waals surface area contributed by atoms with Crippen LogP contribution in [0.5, 0.6) is 11.5 Å². The summed E-state index contributed by atoms with van der Waals surface area (Å²) in [5.41, 5.74) is 2.06. The highest BCUT2D eigenvalue weighted by atomic mass is 127. The normalized spacial score (nSPS) is 15.1. The van der Waals surface area contributed by atoms with Crippen LogP contribution in [0.3, 0.4) is 0 Å². The van der Waals surface area contributed by atoms with E-state index in [1.54, 1.807) is 43.3 Å². The fourth-order valence-electron chi connectivity index (χ4n) is 2.88. The molecule has 1 fully saturated rings. The highest BCUT2D eigenvalue weighted by Gasteiger charge is 2.32. The SMILES string of the molecule is COc1cc(/C=C2/C(=O)N(C)C(=S)N2C)cc(I)c1OCc1ccc([N+](=O)[O-])cc1. The van der Waals surface area contributed by atoms with Crippen LogP contribution in [0.1, 0.15) is 11.1 Å². The summed E-state index contributed by atoms with van der Waals surface area (Å²) >= 11 is 7.38. The lowest BCUT2D eigenvalue weighted by Crippen LogP contribution is -2.26. The van der Waals surface area contributed by atoms with E-state index in [9.17, 15) is 14.9 Å². The van der Waals surface area contributed by atoms with E-state index in [0.717, 1.165) is 14.7 Å². The van der Waals surface area contributed by atoms with Crippen LogP contribution < -0.4 is 9.47 Å². The number of amides is 1. The van der Waals surface area contributed by atoms with Gasteiger partial charge in [0, 0.05) is 26.2 Å². The molecular weight excluding hydrogens is 521 g/mol. The summed E-state index contributed by atoms with van der Waals surface area (Å²) in [5.74, 6) is 0.895. The molecule has 0 bridgehead atoms. The molecule has 0 atom stereocenters. The highest BCUT2D eigenvalue weighted by Crippen LogP contribution is 2.36. The van der Waals surface area contributed by atoms with Gasteiger partial charge in [0.15, 0.2) is 16.6 Å². The number of nitrogens with zero attached hydrogens (tertiary/aromatic N) is 3. The third kappa shape index (κ3) is 4.38. The molecule has 30 heavy (non-hydrogen) atoms. The third-order valence-electron chi connectivity index (χ3n) is 4.54. The Labute approximate surface area is 192 Å². The van der Waals surface area contributed by atoms with Gasteiger partial charge in [-0.05, 0) is 76.3 Å². The number of benzene rings is 2. The Morgan fingerprint density at radius 3 is 2.40 bits per heavy atom. The van der Waals surface area contributed by atoms with Crippen molar-refractivity contribution in [1.29, 1.82) is 0 Å². The van der Waals surface area contributed by atoms with Gasteiger partial charge in [-0.1, -0.05) is 0 Å². The zero-order valence-electron chi connectivity index (χ0n) is 16.4. The Balaban J connectivity index is 1.84. The van der Waals surface area contributed by atoms with Crippen molar-refractivity contribution in [2.24, 2.45) is 0 Å². The number of likely N-dealkylation sites (N-methyl/N-ethyl adjacent to an activating group) is 2. The number of methoxy groups -OCH3 is 1. The number of rotatable bonds is 6. The Bertz CT molecular complexity index is 1060. The number of nitro groups is 1. The fourth-order valence-corrected chi connectivity index (χ4v) is 3.84. The number of non-ortho nitro benzene ring substituents is 1. The topological polar surface area (TPSA) is 85.2 Å².